The Balaban J connectivity index is 1.62. The molecule has 24 heavy (non-hydrogen) atoms. The molecule has 0 N–H and O–H groups in total. The van der Waals surface area contributed by atoms with Crippen molar-refractivity contribution in [2.24, 2.45) is 5.92 Å². The van der Waals surface area contributed by atoms with E-state index in [1.807, 2.05) is 18.2 Å². The van der Waals surface area contributed by atoms with Crippen molar-refractivity contribution in [3.05, 3.63) is 33.8 Å². The molecule has 0 radical (unpaired) electrons. The molecule has 2 heterocycles. The molecule has 0 aromatic heterocycles. The van der Waals surface area contributed by atoms with E-state index in [1.165, 1.54) is 12.8 Å². The quantitative estimate of drug-likeness (QED) is 0.777. The van der Waals surface area contributed by atoms with Gasteiger partial charge in [-0.15, -0.1) is 0 Å². The summed E-state index contributed by atoms with van der Waals surface area (Å²) < 4.78 is 0. The van der Waals surface area contributed by atoms with Crippen LogP contribution in [-0.4, -0.2) is 41.9 Å². The van der Waals surface area contributed by atoms with Crippen LogP contribution in [-0.2, 0) is 11.3 Å². The monoisotopic (exact) mass is 368 g/mol. The zero-order chi connectivity index (χ0) is 16.9. The highest BCUT2D eigenvalue weighted by Gasteiger charge is 2.29. The molecular formula is C19H26Cl2N2O. The maximum absolute atomic E-state index is 12.9. The van der Waals surface area contributed by atoms with Gasteiger partial charge in [0, 0.05) is 41.8 Å². The first kappa shape index (κ1) is 18.0. The first-order valence-electron chi connectivity index (χ1n) is 9.09. The molecule has 2 aliphatic rings. The first-order chi connectivity index (χ1) is 11.6. The molecule has 1 amide bonds. The van der Waals surface area contributed by atoms with Gasteiger partial charge >= 0.3 is 0 Å². The predicted molar refractivity (Wildman–Crippen MR) is 99.5 cm³/mol. The molecule has 0 spiro atoms. The normalized spacial score (nSPS) is 23.1. The van der Waals surface area contributed by atoms with Gasteiger partial charge in [-0.3, -0.25) is 9.69 Å². The molecule has 1 aromatic rings. The number of amides is 1. The summed E-state index contributed by atoms with van der Waals surface area (Å²) in [5.74, 6) is 0.477. The fraction of sp³-hybridized carbons (Fsp3) is 0.632. The zero-order valence-electron chi connectivity index (χ0n) is 14.1. The van der Waals surface area contributed by atoms with E-state index in [-0.39, 0.29) is 5.92 Å². The summed E-state index contributed by atoms with van der Waals surface area (Å²) in [6.07, 6.45) is 6.88. The Bertz CT molecular complexity index is 550. The van der Waals surface area contributed by atoms with E-state index in [0.717, 1.165) is 64.0 Å². The van der Waals surface area contributed by atoms with E-state index in [9.17, 15) is 4.79 Å². The zero-order valence-corrected chi connectivity index (χ0v) is 15.7. The van der Waals surface area contributed by atoms with Crippen molar-refractivity contribution in [3.8, 4) is 0 Å². The maximum atomic E-state index is 12.9. The van der Waals surface area contributed by atoms with Gasteiger partial charge in [-0.1, -0.05) is 42.1 Å². The Morgan fingerprint density at radius 2 is 1.67 bits per heavy atom. The van der Waals surface area contributed by atoms with Crippen LogP contribution in [0.4, 0.5) is 0 Å². The number of benzene rings is 1. The van der Waals surface area contributed by atoms with Crippen molar-refractivity contribution in [3.63, 3.8) is 0 Å². The summed E-state index contributed by atoms with van der Waals surface area (Å²) in [6, 6.07) is 5.63. The van der Waals surface area contributed by atoms with E-state index >= 15 is 0 Å². The smallest absolute Gasteiger partial charge is 0.226 e. The van der Waals surface area contributed by atoms with Gasteiger partial charge in [0.2, 0.25) is 5.91 Å². The van der Waals surface area contributed by atoms with Gasteiger partial charge in [0.25, 0.3) is 0 Å². The molecule has 0 bridgehead atoms. The van der Waals surface area contributed by atoms with Crippen molar-refractivity contribution in [1.82, 2.24) is 9.80 Å². The van der Waals surface area contributed by atoms with Crippen LogP contribution < -0.4 is 0 Å². The van der Waals surface area contributed by atoms with E-state index in [2.05, 4.69) is 9.80 Å². The van der Waals surface area contributed by atoms with Crippen LogP contribution in [0.3, 0.4) is 0 Å². The molecule has 0 saturated carbocycles. The highest BCUT2D eigenvalue weighted by molar-refractivity contribution is 6.35. The minimum Gasteiger partial charge on any atom is -0.342 e. The van der Waals surface area contributed by atoms with Crippen LogP contribution in [0.15, 0.2) is 18.2 Å². The fourth-order valence-electron chi connectivity index (χ4n) is 3.86. The Morgan fingerprint density at radius 3 is 2.33 bits per heavy atom. The minimum atomic E-state index is 0.123. The van der Waals surface area contributed by atoms with E-state index < -0.39 is 0 Å². The van der Waals surface area contributed by atoms with Crippen LogP contribution in [0.2, 0.25) is 10.0 Å². The fourth-order valence-corrected chi connectivity index (χ4v) is 4.37. The lowest BCUT2D eigenvalue weighted by molar-refractivity contribution is -0.137. The molecule has 1 aromatic carbocycles. The lowest BCUT2D eigenvalue weighted by Crippen LogP contribution is -2.44. The van der Waals surface area contributed by atoms with Gasteiger partial charge in [-0.25, -0.2) is 0 Å². The van der Waals surface area contributed by atoms with Gasteiger partial charge < -0.3 is 4.90 Å². The third-order valence-electron chi connectivity index (χ3n) is 5.22. The number of carbonyl (C=O) groups excluding carboxylic acids is 1. The molecular weight excluding hydrogens is 343 g/mol. The average molecular weight is 369 g/mol. The van der Waals surface area contributed by atoms with E-state index in [4.69, 9.17) is 23.2 Å². The van der Waals surface area contributed by atoms with Crippen molar-refractivity contribution < 1.29 is 4.79 Å². The third-order valence-corrected chi connectivity index (χ3v) is 5.92. The molecule has 3 nitrogen and oxygen atoms in total. The molecule has 2 saturated heterocycles. The van der Waals surface area contributed by atoms with Crippen molar-refractivity contribution >= 4 is 29.1 Å². The number of halogens is 2. The summed E-state index contributed by atoms with van der Waals surface area (Å²) in [5, 5.41) is 1.42. The second kappa shape index (κ2) is 8.55. The Kier molecular flexibility index (Phi) is 6.43. The van der Waals surface area contributed by atoms with Gasteiger partial charge in [-0.2, -0.15) is 0 Å². The number of rotatable bonds is 3. The molecule has 3 rings (SSSR count). The van der Waals surface area contributed by atoms with Crippen LogP contribution in [0.1, 0.15) is 44.1 Å². The predicted octanol–water partition coefficient (Wildman–Crippen LogP) is 4.61. The molecule has 1 atom stereocenters. The average Bonchev–Trinajstić information content (AvgIpc) is 2.87. The summed E-state index contributed by atoms with van der Waals surface area (Å²) in [6.45, 7) is 4.42. The van der Waals surface area contributed by atoms with Crippen LogP contribution in [0.25, 0.3) is 0 Å². The Morgan fingerprint density at radius 1 is 1.00 bits per heavy atom. The molecule has 2 aliphatic heterocycles. The third kappa shape index (κ3) is 4.44. The largest absolute Gasteiger partial charge is 0.342 e. The number of carbonyl (C=O) groups is 1. The molecule has 0 unspecified atom stereocenters. The molecule has 132 valence electrons. The van der Waals surface area contributed by atoms with Crippen LogP contribution in [0, 0.1) is 5.92 Å². The molecule has 2 fully saturated rings. The van der Waals surface area contributed by atoms with E-state index in [1.54, 1.807) is 0 Å². The molecule has 0 aliphatic carbocycles. The van der Waals surface area contributed by atoms with Gasteiger partial charge in [0.05, 0.1) is 5.92 Å². The standard InChI is InChI=1S/C19H26Cl2N2O/c20-17-8-5-9-18(21)16(17)14-22-10-6-7-15(13-22)19(24)23-11-3-1-2-4-12-23/h5,8-9,15H,1-4,6-7,10-14H2/t15-/m0/s1. The van der Waals surface area contributed by atoms with Crippen molar-refractivity contribution in [2.75, 3.05) is 26.2 Å². The van der Waals surface area contributed by atoms with Crippen molar-refractivity contribution in [1.29, 1.82) is 0 Å². The Hall–Kier alpha value is -0.770. The highest BCUT2D eigenvalue weighted by atomic mass is 35.5. The number of nitrogens with zero attached hydrogens (tertiary/aromatic N) is 2. The SMILES string of the molecule is O=C([C@H]1CCCN(Cc2c(Cl)cccc2Cl)C1)N1CCCCCC1. The van der Waals surface area contributed by atoms with Crippen molar-refractivity contribution in [2.45, 2.75) is 45.1 Å². The second-order valence-electron chi connectivity index (χ2n) is 7.01. The lowest BCUT2D eigenvalue weighted by Gasteiger charge is -2.35. The Labute approximate surface area is 154 Å². The lowest BCUT2D eigenvalue weighted by atomic mass is 9.96. The topological polar surface area (TPSA) is 23.6 Å². The highest BCUT2D eigenvalue weighted by Crippen LogP contribution is 2.28. The van der Waals surface area contributed by atoms with Gasteiger partial charge in [0.1, 0.15) is 0 Å². The maximum Gasteiger partial charge on any atom is 0.226 e. The summed E-state index contributed by atoms with van der Waals surface area (Å²) in [4.78, 5) is 17.3. The number of hydrogen-bond acceptors (Lipinski definition) is 2. The number of piperidine rings is 1. The van der Waals surface area contributed by atoms with Gasteiger partial charge in [-0.05, 0) is 44.4 Å². The summed E-state index contributed by atoms with van der Waals surface area (Å²) >= 11 is 12.6. The molecule has 5 heteroatoms. The summed E-state index contributed by atoms with van der Waals surface area (Å²) in [7, 11) is 0. The second-order valence-corrected chi connectivity index (χ2v) is 7.83. The number of likely N-dealkylation sites (tertiary alicyclic amines) is 2. The summed E-state index contributed by atoms with van der Waals surface area (Å²) in [5.41, 5.74) is 0.976. The van der Waals surface area contributed by atoms with E-state index in [0.29, 0.717) is 16.0 Å². The van der Waals surface area contributed by atoms with Crippen LogP contribution in [0.5, 0.6) is 0 Å². The minimum absolute atomic E-state index is 0.123. The number of hydrogen-bond donors (Lipinski definition) is 0. The first-order valence-corrected chi connectivity index (χ1v) is 9.85. The van der Waals surface area contributed by atoms with Gasteiger partial charge in [0.15, 0.2) is 0 Å². The van der Waals surface area contributed by atoms with Crippen LogP contribution >= 0.6 is 23.2 Å².